The van der Waals surface area contributed by atoms with Gasteiger partial charge in [-0.15, -0.1) is 11.8 Å². The molecular weight excluding hydrogens is 416 g/mol. The van der Waals surface area contributed by atoms with Crippen molar-refractivity contribution in [2.45, 2.75) is 25.7 Å². The zero-order chi connectivity index (χ0) is 20.9. The lowest BCUT2D eigenvalue weighted by molar-refractivity contribution is -0.119. The molecule has 2 rings (SSSR count). The molecule has 0 aliphatic heterocycles. The highest BCUT2D eigenvalue weighted by molar-refractivity contribution is 7.99. The minimum absolute atomic E-state index is 0.241. The Hall–Kier alpha value is -1.70. The molecule has 2 aromatic rings. The van der Waals surface area contributed by atoms with Gasteiger partial charge >= 0.3 is 0 Å². The molecule has 8 heteroatoms. The third-order valence-electron chi connectivity index (χ3n) is 4.08. The van der Waals surface area contributed by atoms with Crippen LogP contribution in [0.1, 0.15) is 16.7 Å². The number of aryl methyl sites for hydroxylation is 3. The van der Waals surface area contributed by atoms with Crippen molar-refractivity contribution < 1.29 is 13.2 Å². The molecule has 5 nitrogen and oxygen atoms in total. The molecular formula is C20H25ClN2O3S2. The van der Waals surface area contributed by atoms with Gasteiger partial charge in [-0.25, -0.2) is 8.42 Å². The molecule has 0 radical (unpaired) electrons. The predicted octanol–water partition coefficient (Wildman–Crippen LogP) is 3.94. The lowest BCUT2D eigenvalue weighted by Crippen LogP contribution is -2.41. The van der Waals surface area contributed by atoms with Gasteiger partial charge in [-0.05, 0) is 56.2 Å². The first kappa shape index (κ1) is 22.6. The molecule has 0 bridgehead atoms. The van der Waals surface area contributed by atoms with E-state index in [-0.39, 0.29) is 12.5 Å². The molecule has 0 fully saturated rings. The highest BCUT2D eigenvalue weighted by Crippen LogP contribution is 2.28. The molecule has 28 heavy (non-hydrogen) atoms. The van der Waals surface area contributed by atoms with E-state index in [9.17, 15) is 13.2 Å². The van der Waals surface area contributed by atoms with Crippen LogP contribution >= 0.6 is 23.4 Å². The standard InChI is InChI=1S/C20H25ClN2O3S2/c1-14-11-15(2)20(16(3)12-14)23(28(4,25)26)13-19(24)22-9-10-27-18-7-5-17(21)6-8-18/h5-8,11-12H,9-10,13H2,1-4H3,(H,22,24). The van der Waals surface area contributed by atoms with Gasteiger partial charge in [0.2, 0.25) is 15.9 Å². The number of nitrogens with one attached hydrogen (secondary N) is 1. The van der Waals surface area contributed by atoms with E-state index < -0.39 is 10.0 Å². The summed E-state index contributed by atoms with van der Waals surface area (Å²) < 4.78 is 25.8. The van der Waals surface area contributed by atoms with E-state index in [0.29, 0.717) is 23.0 Å². The smallest absolute Gasteiger partial charge is 0.240 e. The van der Waals surface area contributed by atoms with Crippen molar-refractivity contribution in [2.75, 3.05) is 29.4 Å². The summed E-state index contributed by atoms with van der Waals surface area (Å²) in [7, 11) is -3.59. The first-order valence-corrected chi connectivity index (χ1v) is 12.0. The maximum atomic E-state index is 12.4. The largest absolute Gasteiger partial charge is 0.354 e. The molecule has 0 saturated carbocycles. The molecule has 0 heterocycles. The van der Waals surface area contributed by atoms with Crippen LogP contribution in [0.5, 0.6) is 0 Å². The van der Waals surface area contributed by atoms with Gasteiger partial charge in [0, 0.05) is 22.2 Å². The molecule has 2 aromatic carbocycles. The average molecular weight is 441 g/mol. The number of hydrogen-bond acceptors (Lipinski definition) is 4. The van der Waals surface area contributed by atoms with E-state index in [1.54, 1.807) is 11.8 Å². The number of rotatable bonds is 8. The fraction of sp³-hybridized carbons (Fsp3) is 0.350. The maximum absolute atomic E-state index is 12.4. The summed E-state index contributed by atoms with van der Waals surface area (Å²) in [6.45, 7) is 5.87. The van der Waals surface area contributed by atoms with Crippen LogP contribution in [0, 0.1) is 20.8 Å². The first-order chi connectivity index (χ1) is 13.1. The second-order valence-corrected chi connectivity index (χ2v) is 10.2. The van der Waals surface area contributed by atoms with Crippen LogP contribution in [0.2, 0.25) is 5.02 Å². The topological polar surface area (TPSA) is 66.5 Å². The second-order valence-electron chi connectivity index (χ2n) is 6.67. The van der Waals surface area contributed by atoms with E-state index in [1.807, 2.05) is 57.2 Å². The zero-order valence-electron chi connectivity index (χ0n) is 16.5. The Morgan fingerprint density at radius 1 is 1.11 bits per heavy atom. The number of benzene rings is 2. The van der Waals surface area contributed by atoms with Crippen molar-refractivity contribution >= 4 is 45.0 Å². The molecule has 0 atom stereocenters. The van der Waals surface area contributed by atoms with Crippen LogP contribution in [-0.4, -0.2) is 39.4 Å². The summed E-state index contributed by atoms with van der Waals surface area (Å²) in [4.78, 5) is 13.4. The first-order valence-electron chi connectivity index (χ1n) is 8.78. The van der Waals surface area contributed by atoms with Gasteiger partial charge in [-0.2, -0.15) is 0 Å². The summed E-state index contributed by atoms with van der Waals surface area (Å²) >= 11 is 7.45. The Labute approximate surface area is 176 Å². The minimum atomic E-state index is -3.59. The highest BCUT2D eigenvalue weighted by Gasteiger charge is 2.24. The van der Waals surface area contributed by atoms with Gasteiger partial charge in [0.15, 0.2) is 0 Å². The number of amides is 1. The Kier molecular flexibility index (Phi) is 7.80. The molecule has 0 spiro atoms. The molecule has 1 amide bonds. The summed E-state index contributed by atoms with van der Waals surface area (Å²) in [5, 5.41) is 3.48. The Balaban J connectivity index is 1.99. The predicted molar refractivity (Wildman–Crippen MR) is 118 cm³/mol. The Morgan fingerprint density at radius 2 is 1.68 bits per heavy atom. The minimum Gasteiger partial charge on any atom is -0.354 e. The van der Waals surface area contributed by atoms with Crippen molar-refractivity contribution in [3.05, 3.63) is 58.1 Å². The number of nitrogens with zero attached hydrogens (tertiary/aromatic N) is 1. The van der Waals surface area contributed by atoms with Gasteiger partial charge in [0.25, 0.3) is 0 Å². The molecule has 0 saturated heterocycles. The molecule has 152 valence electrons. The zero-order valence-corrected chi connectivity index (χ0v) is 18.8. The van der Waals surface area contributed by atoms with Crippen molar-refractivity contribution in [1.82, 2.24) is 5.32 Å². The van der Waals surface area contributed by atoms with Gasteiger partial charge in [-0.1, -0.05) is 29.3 Å². The maximum Gasteiger partial charge on any atom is 0.240 e. The van der Waals surface area contributed by atoms with Crippen molar-refractivity contribution in [2.24, 2.45) is 0 Å². The number of halogens is 1. The quantitative estimate of drug-likeness (QED) is 0.498. The fourth-order valence-corrected chi connectivity index (χ4v) is 4.87. The number of carbonyl (C=O) groups is 1. The summed E-state index contributed by atoms with van der Waals surface area (Å²) in [5.41, 5.74) is 3.28. The Morgan fingerprint density at radius 3 is 2.21 bits per heavy atom. The van der Waals surface area contributed by atoms with Crippen LogP contribution in [0.15, 0.2) is 41.3 Å². The molecule has 0 unspecified atom stereocenters. The van der Waals surface area contributed by atoms with Crippen LogP contribution in [0.4, 0.5) is 5.69 Å². The number of thioether (sulfide) groups is 1. The molecule has 0 aliphatic carbocycles. The van der Waals surface area contributed by atoms with E-state index in [2.05, 4.69) is 5.32 Å². The van der Waals surface area contributed by atoms with E-state index in [4.69, 9.17) is 11.6 Å². The second kappa shape index (κ2) is 9.67. The monoisotopic (exact) mass is 440 g/mol. The highest BCUT2D eigenvalue weighted by atomic mass is 35.5. The Bertz CT molecular complexity index is 921. The number of carbonyl (C=O) groups excluding carboxylic acids is 1. The van der Waals surface area contributed by atoms with E-state index >= 15 is 0 Å². The fourth-order valence-electron chi connectivity index (χ4n) is 3.00. The van der Waals surface area contributed by atoms with Gasteiger partial charge in [0.1, 0.15) is 6.54 Å². The third kappa shape index (κ3) is 6.43. The van der Waals surface area contributed by atoms with Gasteiger partial charge in [0.05, 0.1) is 11.9 Å². The van der Waals surface area contributed by atoms with E-state index in [1.165, 1.54) is 4.31 Å². The van der Waals surface area contributed by atoms with Gasteiger partial charge in [-0.3, -0.25) is 9.10 Å². The number of sulfonamides is 1. The van der Waals surface area contributed by atoms with Gasteiger partial charge < -0.3 is 5.32 Å². The lowest BCUT2D eigenvalue weighted by Gasteiger charge is -2.26. The SMILES string of the molecule is Cc1cc(C)c(N(CC(=O)NCCSc2ccc(Cl)cc2)S(C)(=O)=O)c(C)c1. The molecule has 0 aliphatic rings. The summed E-state index contributed by atoms with van der Waals surface area (Å²) in [5.74, 6) is 0.343. The van der Waals surface area contributed by atoms with Crippen molar-refractivity contribution in [1.29, 1.82) is 0 Å². The summed E-state index contributed by atoms with van der Waals surface area (Å²) in [6.07, 6.45) is 1.12. The number of hydrogen-bond donors (Lipinski definition) is 1. The van der Waals surface area contributed by atoms with E-state index in [0.717, 1.165) is 27.8 Å². The van der Waals surface area contributed by atoms with Crippen LogP contribution in [0.25, 0.3) is 0 Å². The number of anilines is 1. The third-order valence-corrected chi connectivity index (χ3v) is 6.46. The molecule has 1 N–H and O–H groups in total. The molecule has 0 aromatic heterocycles. The van der Waals surface area contributed by atoms with Crippen molar-refractivity contribution in [3.63, 3.8) is 0 Å². The summed E-state index contributed by atoms with van der Waals surface area (Å²) in [6, 6.07) is 11.3. The normalized spacial score (nSPS) is 11.3. The van der Waals surface area contributed by atoms with Crippen molar-refractivity contribution in [3.8, 4) is 0 Å². The average Bonchev–Trinajstić information content (AvgIpc) is 2.57. The van der Waals surface area contributed by atoms with Crippen LogP contribution in [0.3, 0.4) is 0 Å². The van der Waals surface area contributed by atoms with Crippen LogP contribution < -0.4 is 9.62 Å². The van der Waals surface area contributed by atoms with Crippen LogP contribution in [-0.2, 0) is 14.8 Å². The lowest BCUT2D eigenvalue weighted by atomic mass is 10.1.